The summed E-state index contributed by atoms with van der Waals surface area (Å²) in [6.07, 6.45) is 4.11. The Kier molecular flexibility index (Phi) is 3.50. The zero-order chi connectivity index (χ0) is 12.6. The summed E-state index contributed by atoms with van der Waals surface area (Å²) in [5.41, 5.74) is 0. The summed E-state index contributed by atoms with van der Waals surface area (Å²) in [6, 6.07) is 10.8. The maximum atomic E-state index is 6.20. The van der Waals surface area contributed by atoms with Crippen molar-refractivity contribution in [3.05, 3.63) is 30.3 Å². The Labute approximate surface area is 115 Å². The van der Waals surface area contributed by atoms with E-state index in [-0.39, 0.29) is 5.79 Å². The molecule has 0 saturated carbocycles. The van der Waals surface area contributed by atoms with Gasteiger partial charge in [-0.25, -0.2) is 0 Å². The molecule has 2 aliphatic heterocycles. The molecule has 2 nitrogen and oxygen atoms in total. The quantitative estimate of drug-likeness (QED) is 0.799. The number of hydrogen-bond donors (Lipinski definition) is 0. The summed E-state index contributed by atoms with van der Waals surface area (Å²) >= 11 is 0.434. The van der Waals surface area contributed by atoms with Crippen LogP contribution in [-0.4, -0.2) is 33.0 Å². The monoisotopic (exact) mass is 312 g/mol. The zero-order valence-corrected chi connectivity index (χ0v) is 12.7. The van der Waals surface area contributed by atoms with Crippen LogP contribution >= 0.6 is 0 Å². The first-order valence-corrected chi connectivity index (χ1v) is 8.63. The maximum absolute atomic E-state index is 6.20. The average molecular weight is 311 g/mol. The van der Waals surface area contributed by atoms with Gasteiger partial charge in [-0.2, -0.15) is 0 Å². The summed E-state index contributed by atoms with van der Waals surface area (Å²) < 4.78 is 13.8. The molecule has 0 spiro atoms. The Hall–Kier alpha value is -0.341. The second-order valence-electron chi connectivity index (χ2n) is 5.23. The molecule has 0 radical (unpaired) electrons. The zero-order valence-electron chi connectivity index (χ0n) is 11.0. The van der Waals surface area contributed by atoms with Gasteiger partial charge >= 0.3 is 115 Å². The van der Waals surface area contributed by atoms with Gasteiger partial charge in [0.05, 0.1) is 0 Å². The SMILES string of the molecule is CCC1OC2(C)OC1CCC2[Se]c1ccccc1. The van der Waals surface area contributed by atoms with Crippen LogP contribution in [0, 0.1) is 0 Å². The predicted molar refractivity (Wildman–Crippen MR) is 73.3 cm³/mol. The van der Waals surface area contributed by atoms with Gasteiger partial charge in [-0.15, -0.1) is 0 Å². The van der Waals surface area contributed by atoms with Crippen molar-refractivity contribution in [3.8, 4) is 0 Å². The molecule has 2 saturated heterocycles. The van der Waals surface area contributed by atoms with E-state index in [0.717, 1.165) is 12.8 Å². The molecule has 0 amide bonds. The van der Waals surface area contributed by atoms with E-state index in [1.165, 1.54) is 10.9 Å². The summed E-state index contributed by atoms with van der Waals surface area (Å²) in [4.78, 5) is 0.542. The first-order chi connectivity index (χ1) is 8.71. The van der Waals surface area contributed by atoms with Gasteiger partial charge in [-0.3, -0.25) is 0 Å². The number of fused-ring (bicyclic) bond motifs is 2. The van der Waals surface area contributed by atoms with Crippen LogP contribution in [0.15, 0.2) is 30.3 Å². The third kappa shape index (κ3) is 2.25. The molecule has 2 bridgehead atoms. The number of hydrogen-bond acceptors (Lipinski definition) is 2. The van der Waals surface area contributed by atoms with E-state index in [1.54, 1.807) is 0 Å². The standard InChI is InChI=1S/C15H20O2Se/c1-3-12-13-9-10-14(15(2,16-12)17-13)18-11-7-5-4-6-8-11/h4-8,12-14H,3,9-10H2,1-2H3. The summed E-state index contributed by atoms with van der Waals surface area (Å²) in [5.74, 6) is -0.334. The molecule has 3 rings (SSSR count). The van der Waals surface area contributed by atoms with E-state index in [1.807, 2.05) is 0 Å². The second kappa shape index (κ2) is 4.97. The molecular weight excluding hydrogens is 291 g/mol. The topological polar surface area (TPSA) is 18.5 Å². The van der Waals surface area contributed by atoms with E-state index in [2.05, 4.69) is 44.2 Å². The van der Waals surface area contributed by atoms with Crippen molar-refractivity contribution >= 4 is 19.4 Å². The van der Waals surface area contributed by atoms with Gasteiger partial charge in [-0.1, -0.05) is 0 Å². The van der Waals surface area contributed by atoms with Crippen molar-refractivity contribution in [2.75, 3.05) is 0 Å². The molecule has 4 unspecified atom stereocenters. The number of rotatable bonds is 3. The van der Waals surface area contributed by atoms with E-state index >= 15 is 0 Å². The second-order valence-corrected chi connectivity index (χ2v) is 7.91. The van der Waals surface area contributed by atoms with Crippen LogP contribution in [0.2, 0.25) is 4.82 Å². The number of benzene rings is 1. The van der Waals surface area contributed by atoms with Crippen molar-refractivity contribution in [3.63, 3.8) is 0 Å². The predicted octanol–water partition coefficient (Wildman–Crippen LogP) is 2.51. The normalized spacial score (nSPS) is 38.9. The molecule has 2 heterocycles. The van der Waals surface area contributed by atoms with Gasteiger partial charge in [0, 0.05) is 0 Å². The van der Waals surface area contributed by atoms with Crippen LogP contribution in [-0.2, 0) is 9.47 Å². The van der Waals surface area contributed by atoms with Crippen molar-refractivity contribution in [1.29, 1.82) is 0 Å². The minimum absolute atomic E-state index is 0.312. The van der Waals surface area contributed by atoms with Crippen LogP contribution in [0.1, 0.15) is 33.1 Å². The molecule has 1 aromatic rings. The molecule has 0 N–H and O–H groups in total. The van der Waals surface area contributed by atoms with Crippen molar-refractivity contribution in [2.45, 2.75) is 55.9 Å². The fraction of sp³-hybridized carbons (Fsp3) is 0.600. The third-order valence-corrected chi connectivity index (χ3v) is 7.04. The molecule has 2 fully saturated rings. The Morgan fingerprint density at radius 2 is 2.00 bits per heavy atom. The van der Waals surface area contributed by atoms with Gasteiger partial charge < -0.3 is 0 Å². The van der Waals surface area contributed by atoms with Crippen molar-refractivity contribution in [1.82, 2.24) is 0 Å². The molecule has 3 heteroatoms. The first-order valence-electron chi connectivity index (χ1n) is 6.78. The summed E-state index contributed by atoms with van der Waals surface area (Å²) in [6.45, 7) is 4.33. The van der Waals surface area contributed by atoms with E-state index < -0.39 is 0 Å². The molecule has 2 aliphatic rings. The van der Waals surface area contributed by atoms with Crippen LogP contribution < -0.4 is 4.46 Å². The Balaban J connectivity index is 1.74. The summed E-state index contributed by atoms with van der Waals surface area (Å²) in [7, 11) is 0. The van der Waals surface area contributed by atoms with Crippen molar-refractivity contribution in [2.24, 2.45) is 0 Å². The van der Waals surface area contributed by atoms with E-state index in [0.29, 0.717) is 32.0 Å². The third-order valence-electron chi connectivity index (χ3n) is 3.91. The molecule has 1 aromatic carbocycles. The molecule has 98 valence electrons. The summed E-state index contributed by atoms with van der Waals surface area (Å²) in [5, 5.41) is 0. The minimum atomic E-state index is -0.334. The molecule has 18 heavy (non-hydrogen) atoms. The van der Waals surface area contributed by atoms with E-state index in [9.17, 15) is 0 Å². The van der Waals surface area contributed by atoms with Gasteiger partial charge in [0.15, 0.2) is 0 Å². The van der Waals surface area contributed by atoms with Gasteiger partial charge in [0.2, 0.25) is 0 Å². The number of ether oxygens (including phenoxy) is 2. The van der Waals surface area contributed by atoms with Crippen molar-refractivity contribution < 1.29 is 9.47 Å². The molecule has 4 atom stereocenters. The molecule has 0 aromatic heterocycles. The average Bonchev–Trinajstić information content (AvgIpc) is 2.67. The van der Waals surface area contributed by atoms with Gasteiger partial charge in [-0.05, 0) is 0 Å². The van der Waals surface area contributed by atoms with Crippen LogP contribution in [0.25, 0.3) is 0 Å². The van der Waals surface area contributed by atoms with E-state index in [4.69, 9.17) is 9.47 Å². The Morgan fingerprint density at radius 3 is 2.72 bits per heavy atom. The first kappa shape index (κ1) is 12.7. The van der Waals surface area contributed by atoms with Crippen LogP contribution in [0.5, 0.6) is 0 Å². The van der Waals surface area contributed by atoms with Gasteiger partial charge in [0.25, 0.3) is 0 Å². The fourth-order valence-corrected chi connectivity index (χ4v) is 5.49. The van der Waals surface area contributed by atoms with Crippen LogP contribution in [0.4, 0.5) is 0 Å². The molecular formula is C15H20O2Se. The van der Waals surface area contributed by atoms with Crippen LogP contribution in [0.3, 0.4) is 0 Å². The molecule has 0 aliphatic carbocycles. The Bertz CT molecular complexity index is 408. The fourth-order valence-electron chi connectivity index (χ4n) is 2.93. The Morgan fingerprint density at radius 1 is 1.22 bits per heavy atom. The van der Waals surface area contributed by atoms with Gasteiger partial charge in [0.1, 0.15) is 0 Å².